The van der Waals surface area contributed by atoms with Gasteiger partial charge in [-0.1, -0.05) is 41.1 Å². The van der Waals surface area contributed by atoms with E-state index in [1.54, 1.807) is 30.3 Å². The molecule has 0 aliphatic heterocycles. The number of hydrogen-bond donors (Lipinski definition) is 0. The smallest absolute Gasteiger partial charge is 0.312 e. The van der Waals surface area contributed by atoms with Crippen LogP contribution in [0.5, 0.6) is 5.75 Å². The zero-order valence-corrected chi connectivity index (χ0v) is 22.1. The van der Waals surface area contributed by atoms with Crippen LogP contribution in [0.15, 0.2) is 73.4 Å². The van der Waals surface area contributed by atoms with Crippen molar-refractivity contribution in [1.29, 1.82) is 0 Å². The van der Waals surface area contributed by atoms with E-state index in [0.29, 0.717) is 28.7 Å². The molecule has 0 unspecified atom stereocenters. The summed E-state index contributed by atoms with van der Waals surface area (Å²) in [6.45, 7) is 1.78. The second-order valence-electron chi connectivity index (χ2n) is 7.79. The molecule has 0 saturated carbocycles. The maximum absolute atomic E-state index is 13.9. The van der Waals surface area contributed by atoms with Crippen molar-refractivity contribution in [3.8, 4) is 5.75 Å². The predicted octanol–water partition coefficient (Wildman–Crippen LogP) is 6.38. The molecule has 4 aromatic rings. The molecular weight excluding hydrogens is 599 g/mol. The quantitative estimate of drug-likeness (QED) is 0.130. The highest BCUT2D eigenvalue weighted by molar-refractivity contribution is 9.10. The summed E-state index contributed by atoms with van der Waals surface area (Å²) in [6.07, 6.45) is 2.62. The van der Waals surface area contributed by atoms with Crippen LogP contribution in [0.25, 0.3) is 10.9 Å². The van der Waals surface area contributed by atoms with Gasteiger partial charge in [-0.05, 0) is 52.7 Å². The van der Waals surface area contributed by atoms with Crippen LogP contribution in [0.3, 0.4) is 0 Å². The number of ether oxygens (including phenoxy) is 1. The molecule has 0 saturated heterocycles. The lowest BCUT2D eigenvalue weighted by Crippen LogP contribution is -2.22. The van der Waals surface area contributed by atoms with Crippen LogP contribution < -0.4 is 10.3 Å². The minimum atomic E-state index is -0.595. The maximum Gasteiger partial charge on any atom is 0.312 e. The van der Waals surface area contributed by atoms with Crippen LogP contribution in [-0.4, -0.2) is 20.8 Å². The fourth-order valence-corrected chi connectivity index (χ4v) is 4.48. The number of nitro groups is 1. The Hall–Kier alpha value is -3.44. The number of fused-ring (bicyclic) bond motifs is 1. The molecule has 0 bridgehead atoms. The van der Waals surface area contributed by atoms with Gasteiger partial charge >= 0.3 is 5.69 Å². The fourth-order valence-electron chi connectivity index (χ4n) is 3.54. The summed E-state index contributed by atoms with van der Waals surface area (Å²) >= 11 is 6.68. The Balaban J connectivity index is 1.72. The molecule has 184 valence electrons. The molecule has 11 heteroatoms. The van der Waals surface area contributed by atoms with Gasteiger partial charge in [0.25, 0.3) is 5.56 Å². The second-order valence-corrected chi connectivity index (χ2v) is 9.56. The Bertz CT molecular complexity index is 1560. The van der Waals surface area contributed by atoms with Crippen molar-refractivity contribution in [2.24, 2.45) is 5.10 Å². The first kappa shape index (κ1) is 25.6. The number of benzene rings is 3. The Morgan fingerprint density at radius 1 is 1.19 bits per heavy atom. The first-order valence-corrected chi connectivity index (χ1v) is 12.5. The number of aromatic nitrogens is 2. The van der Waals surface area contributed by atoms with E-state index in [4.69, 9.17) is 4.74 Å². The van der Waals surface area contributed by atoms with E-state index >= 15 is 0 Å². The summed E-state index contributed by atoms with van der Waals surface area (Å²) in [4.78, 5) is 28.9. The number of rotatable bonds is 8. The molecule has 0 atom stereocenters. The van der Waals surface area contributed by atoms with Gasteiger partial charge in [-0.2, -0.15) is 9.78 Å². The highest BCUT2D eigenvalue weighted by atomic mass is 79.9. The topological polar surface area (TPSA) is 99.6 Å². The van der Waals surface area contributed by atoms with Gasteiger partial charge in [-0.15, -0.1) is 0 Å². The molecular formula is C25H19Br2FN4O4. The lowest BCUT2D eigenvalue weighted by molar-refractivity contribution is -0.386. The summed E-state index contributed by atoms with van der Waals surface area (Å²) in [6, 6.07) is 14.1. The van der Waals surface area contributed by atoms with Crippen molar-refractivity contribution in [1.82, 2.24) is 9.66 Å². The Morgan fingerprint density at radius 3 is 2.69 bits per heavy atom. The molecule has 4 rings (SSSR count). The third kappa shape index (κ3) is 5.52. The molecule has 0 fully saturated rings. The molecule has 0 N–H and O–H groups in total. The highest BCUT2D eigenvalue weighted by Crippen LogP contribution is 2.36. The van der Waals surface area contributed by atoms with E-state index in [1.165, 1.54) is 29.1 Å². The van der Waals surface area contributed by atoms with Gasteiger partial charge in [0.2, 0.25) is 5.75 Å². The van der Waals surface area contributed by atoms with Crippen LogP contribution in [0.1, 0.15) is 30.3 Å². The first-order chi connectivity index (χ1) is 17.3. The third-order valence-electron chi connectivity index (χ3n) is 5.24. The van der Waals surface area contributed by atoms with Gasteiger partial charge in [0.15, 0.2) is 0 Å². The summed E-state index contributed by atoms with van der Waals surface area (Å²) in [5.41, 5.74) is 0.509. The molecule has 36 heavy (non-hydrogen) atoms. The van der Waals surface area contributed by atoms with Crippen molar-refractivity contribution in [2.45, 2.75) is 26.4 Å². The van der Waals surface area contributed by atoms with Crippen LogP contribution in [0.4, 0.5) is 10.1 Å². The Labute approximate surface area is 221 Å². The van der Waals surface area contributed by atoms with Crippen molar-refractivity contribution >= 4 is 54.7 Å². The summed E-state index contributed by atoms with van der Waals surface area (Å²) in [7, 11) is 0. The predicted molar refractivity (Wildman–Crippen MR) is 142 cm³/mol. The van der Waals surface area contributed by atoms with Crippen molar-refractivity contribution < 1.29 is 14.1 Å². The summed E-state index contributed by atoms with van der Waals surface area (Å²) in [5, 5.41) is 16.5. The van der Waals surface area contributed by atoms with Gasteiger partial charge in [0, 0.05) is 28.1 Å². The molecule has 0 aliphatic rings. The average molecular weight is 618 g/mol. The van der Waals surface area contributed by atoms with Crippen LogP contribution in [0.2, 0.25) is 0 Å². The minimum absolute atomic E-state index is 0.0403. The molecule has 0 radical (unpaired) electrons. The Kier molecular flexibility index (Phi) is 7.90. The third-order valence-corrected chi connectivity index (χ3v) is 6.33. The van der Waals surface area contributed by atoms with E-state index in [-0.39, 0.29) is 33.6 Å². The zero-order valence-electron chi connectivity index (χ0n) is 19.0. The molecule has 8 nitrogen and oxygen atoms in total. The van der Waals surface area contributed by atoms with E-state index in [2.05, 4.69) is 41.9 Å². The van der Waals surface area contributed by atoms with Gasteiger partial charge in [0.05, 0.1) is 26.5 Å². The lowest BCUT2D eigenvalue weighted by Gasteiger charge is -2.11. The number of nitro benzene ring substituents is 1. The standard InChI is InChI=1S/C25H19Br2FN4O4/c1-2-5-23-30-21-9-8-17(26)12-18(21)25(33)31(23)29-13-15-10-19(27)24(22(11-15)32(34)35)36-14-16-6-3-4-7-20(16)28/h3-4,6-13H,2,5,14H2,1H3. The molecule has 0 aliphatic carbocycles. The van der Waals surface area contributed by atoms with E-state index in [1.807, 2.05) is 13.0 Å². The van der Waals surface area contributed by atoms with Gasteiger partial charge in [0.1, 0.15) is 18.2 Å². The average Bonchev–Trinajstić information content (AvgIpc) is 2.84. The van der Waals surface area contributed by atoms with Crippen molar-refractivity contribution in [2.75, 3.05) is 0 Å². The molecule has 1 aromatic heterocycles. The van der Waals surface area contributed by atoms with E-state index in [9.17, 15) is 19.3 Å². The largest absolute Gasteiger partial charge is 0.481 e. The number of nitrogens with zero attached hydrogens (tertiary/aromatic N) is 4. The second kappa shape index (κ2) is 11.1. The maximum atomic E-state index is 13.9. The number of aryl methyl sites for hydroxylation is 1. The Morgan fingerprint density at radius 2 is 1.97 bits per heavy atom. The van der Waals surface area contributed by atoms with Gasteiger partial charge in [-0.3, -0.25) is 14.9 Å². The van der Waals surface area contributed by atoms with Crippen LogP contribution in [-0.2, 0) is 13.0 Å². The fraction of sp³-hybridized carbons (Fsp3) is 0.160. The molecule has 1 heterocycles. The molecule has 3 aromatic carbocycles. The lowest BCUT2D eigenvalue weighted by atomic mass is 10.2. The van der Waals surface area contributed by atoms with E-state index in [0.717, 1.165) is 10.9 Å². The zero-order chi connectivity index (χ0) is 25.8. The molecule has 0 spiro atoms. The minimum Gasteiger partial charge on any atom is -0.481 e. The molecule has 0 amide bonds. The highest BCUT2D eigenvalue weighted by Gasteiger charge is 2.21. The number of hydrogen-bond acceptors (Lipinski definition) is 6. The van der Waals surface area contributed by atoms with Crippen LogP contribution in [0, 0.1) is 15.9 Å². The van der Waals surface area contributed by atoms with Gasteiger partial charge < -0.3 is 4.74 Å². The van der Waals surface area contributed by atoms with Crippen LogP contribution >= 0.6 is 31.9 Å². The summed E-state index contributed by atoms with van der Waals surface area (Å²) < 4.78 is 21.8. The normalized spacial score (nSPS) is 11.3. The number of halogens is 3. The first-order valence-electron chi connectivity index (χ1n) is 10.9. The summed E-state index contributed by atoms with van der Waals surface area (Å²) in [5.74, 6) is -0.0298. The van der Waals surface area contributed by atoms with E-state index < -0.39 is 10.7 Å². The van der Waals surface area contributed by atoms with Gasteiger partial charge in [-0.25, -0.2) is 9.37 Å². The SMILES string of the molecule is CCCc1nc2ccc(Br)cc2c(=O)n1N=Cc1cc(Br)c(OCc2ccccc2F)c([N+](=O)[O-])c1. The van der Waals surface area contributed by atoms with Crippen molar-refractivity contribution in [3.05, 3.63) is 107 Å². The van der Waals surface area contributed by atoms with Crippen molar-refractivity contribution in [3.63, 3.8) is 0 Å². The monoisotopic (exact) mass is 616 g/mol.